The van der Waals surface area contributed by atoms with Crippen molar-refractivity contribution in [1.29, 1.82) is 0 Å². The lowest BCUT2D eigenvalue weighted by Crippen LogP contribution is -1.95. The first-order chi connectivity index (χ1) is 14.7. The second-order valence-electron chi connectivity index (χ2n) is 7.43. The molecule has 5 nitrogen and oxygen atoms in total. The number of nitrogens with one attached hydrogen (secondary N) is 1. The molecule has 0 bridgehead atoms. The number of aromatic amines is 1. The van der Waals surface area contributed by atoms with Gasteiger partial charge in [-0.3, -0.25) is 0 Å². The predicted molar refractivity (Wildman–Crippen MR) is 117 cm³/mol. The van der Waals surface area contributed by atoms with Crippen molar-refractivity contribution in [3.05, 3.63) is 100 Å². The molecule has 0 atom stereocenters. The van der Waals surface area contributed by atoms with E-state index >= 15 is 0 Å². The zero-order chi connectivity index (χ0) is 20.5. The number of hydrogen-bond acceptors (Lipinski definition) is 4. The van der Waals surface area contributed by atoms with Crippen LogP contribution < -0.4 is 9.47 Å². The maximum Gasteiger partial charge on any atom is 0.231 e. The molecule has 3 aromatic rings. The first kappa shape index (κ1) is 18.3. The third kappa shape index (κ3) is 3.62. The Morgan fingerprint density at radius 2 is 1.87 bits per heavy atom. The number of ether oxygens (including phenoxy) is 3. The van der Waals surface area contributed by atoms with Gasteiger partial charge in [-0.2, -0.15) is 0 Å². The lowest BCUT2D eigenvalue weighted by molar-refractivity contribution is 0.174. The Hall–Kier alpha value is -3.73. The van der Waals surface area contributed by atoms with Crippen LogP contribution in [0.15, 0.2) is 77.1 Å². The molecule has 0 fully saturated rings. The van der Waals surface area contributed by atoms with Gasteiger partial charge in [-0.1, -0.05) is 30.3 Å². The summed E-state index contributed by atoms with van der Waals surface area (Å²) in [4.78, 5) is 8.26. The molecule has 2 aromatic carbocycles. The smallest absolute Gasteiger partial charge is 0.231 e. The van der Waals surface area contributed by atoms with Crippen LogP contribution in [0, 0.1) is 13.8 Å². The van der Waals surface area contributed by atoms with Gasteiger partial charge in [0, 0.05) is 23.0 Å². The van der Waals surface area contributed by atoms with Crippen molar-refractivity contribution in [2.45, 2.75) is 20.5 Å². The molecule has 30 heavy (non-hydrogen) atoms. The summed E-state index contributed by atoms with van der Waals surface area (Å²) in [5.41, 5.74) is 7.03. The summed E-state index contributed by atoms with van der Waals surface area (Å²) < 4.78 is 17.1. The molecule has 1 N–H and O–H groups in total. The molecule has 5 rings (SSSR count). The van der Waals surface area contributed by atoms with Gasteiger partial charge < -0.3 is 19.2 Å². The Morgan fingerprint density at radius 1 is 1.03 bits per heavy atom. The van der Waals surface area contributed by atoms with Gasteiger partial charge in [0.25, 0.3) is 0 Å². The number of aliphatic imine (C=N–C) groups is 1. The second kappa shape index (κ2) is 7.59. The molecule has 0 radical (unpaired) electrons. The summed E-state index contributed by atoms with van der Waals surface area (Å²) in [6, 6.07) is 18.1. The van der Waals surface area contributed by atoms with E-state index in [2.05, 4.69) is 30.1 Å². The average molecular weight is 398 g/mol. The Labute approximate surface area is 175 Å². The molecule has 1 aromatic heterocycles. The second-order valence-corrected chi connectivity index (χ2v) is 7.43. The van der Waals surface area contributed by atoms with E-state index in [0.717, 1.165) is 51.2 Å². The van der Waals surface area contributed by atoms with Crippen LogP contribution in [-0.2, 0) is 11.3 Å². The van der Waals surface area contributed by atoms with Gasteiger partial charge in [-0.15, -0.1) is 0 Å². The van der Waals surface area contributed by atoms with E-state index in [1.807, 2.05) is 55.5 Å². The lowest BCUT2D eigenvalue weighted by Gasteiger charge is -2.08. The highest BCUT2D eigenvalue weighted by Crippen LogP contribution is 2.34. The van der Waals surface area contributed by atoms with Crippen molar-refractivity contribution in [3.63, 3.8) is 0 Å². The molecular formula is C25H22N2O3. The molecule has 0 spiro atoms. The molecule has 2 aliphatic heterocycles. The Balaban J connectivity index is 1.48. The van der Waals surface area contributed by atoms with E-state index in [9.17, 15) is 0 Å². The van der Waals surface area contributed by atoms with Crippen molar-refractivity contribution in [3.8, 4) is 11.5 Å². The number of aryl methyl sites for hydroxylation is 2. The normalized spacial score (nSPS) is 16.0. The molecule has 0 unspecified atom stereocenters. The van der Waals surface area contributed by atoms with E-state index < -0.39 is 0 Å². The Kier molecular flexibility index (Phi) is 4.64. The van der Waals surface area contributed by atoms with Crippen molar-refractivity contribution >= 4 is 11.8 Å². The van der Waals surface area contributed by atoms with Crippen LogP contribution in [0.4, 0.5) is 0 Å². The molecule has 0 saturated carbocycles. The minimum atomic E-state index is 0.253. The minimum absolute atomic E-state index is 0.253. The summed E-state index contributed by atoms with van der Waals surface area (Å²) in [5.74, 6) is 2.25. The van der Waals surface area contributed by atoms with Gasteiger partial charge in [-0.05, 0) is 55.3 Å². The molecule has 0 saturated heterocycles. The van der Waals surface area contributed by atoms with E-state index in [0.29, 0.717) is 6.61 Å². The maximum absolute atomic E-state index is 6.17. The maximum atomic E-state index is 6.17. The quantitative estimate of drug-likeness (QED) is 0.634. The average Bonchev–Trinajstić information content (AvgIpc) is 3.46. The van der Waals surface area contributed by atoms with Crippen LogP contribution in [0.3, 0.4) is 0 Å². The van der Waals surface area contributed by atoms with Gasteiger partial charge in [0.05, 0.1) is 5.71 Å². The van der Waals surface area contributed by atoms with Crippen LogP contribution in [0.5, 0.6) is 11.5 Å². The van der Waals surface area contributed by atoms with Gasteiger partial charge in [-0.25, -0.2) is 4.99 Å². The van der Waals surface area contributed by atoms with E-state index in [1.165, 1.54) is 5.56 Å². The first-order valence-electron chi connectivity index (χ1n) is 9.91. The fourth-order valence-electron chi connectivity index (χ4n) is 3.61. The monoisotopic (exact) mass is 398 g/mol. The first-order valence-corrected chi connectivity index (χ1v) is 9.91. The van der Waals surface area contributed by atoms with Crippen LogP contribution in [0.1, 0.15) is 28.1 Å². The number of benzene rings is 2. The number of aromatic nitrogens is 1. The highest BCUT2D eigenvalue weighted by atomic mass is 16.7. The fraction of sp³-hybridized carbons (Fsp3) is 0.160. The number of rotatable bonds is 5. The lowest BCUT2D eigenvalue weighted by atomic mass is 10.1. The third-order valence-corrected chi connectivity index (χ3v) is 5.14. The predicted octanol–water partition coefficient (Wildman–Crippen LogP) is 5.30. The van der Waals surface area contributed by atoms with Crippen LogP contribution in [-0.4, -0.2) is 17.5 Å². The van der Waals surface area contributed by atoms with Crippen molar-refractivity contribution in [1.82, 2.24) is 4.98 Å². The van der Waals surface area contributed by atoms with Crippen molar-refractivity contribution in [2.75, 3.05) is 6.79 Å². The van der Waals surface area contributed by atoms with Crippen molar-refractivity contribution < 1.29 is 14.2 Å². The number of H-pyrrole nitrogens is 1. The van der Waals surface area contributed by atoms with Gasteiger partial charge in [0.1, 0.15) is 18.1 Å². The Bertz CT molecular complexity index is 1190. The summed E-state index contributed by atoms with van der Waals surface area (Å²) >= 11 is 0. The number of hydrogen-bond donors (Lipinski definition) is 1. The summed E-state index contributed by atoms with van der Waals surface area (Å²) in [6.07, 6.45) is 4.02. The molecular weight excluding hydrogens is 376 g/mol. The van der Waals surface area contributed by atoms with E-state index in [-0.39, 0.29) is 6.79 Å². The molecule has 5 heteroatoms. The van der Waals surface area contributed by atoms with Gasteiger partial charge in [0.15, 0.2) is 11.5 Å². The topological polar surface area (TPSA) is 55.8 Å². The largest absolute Gasteiger partial charge is 0.487 e. The molecule has 2 aliphatic rings. The standard InChI is InChI=1S/C25H22N2O3/c1-16-10-17(2)26-20(16)12-22-24(28-14-18-6-4-3-5-7-18)13-21(27-22)19-8-9-23-25(11-19)30-15-29-23/h3-13,26H,14-15H2,1-2H3/b22-12+. The summed E-state index contributed by atoms with van der Waals surface area (Å²) in [5, 5.41) is 0. The zero-order valence-electron chi connectivity index (χ0n) is 16.9. The highest BCUT2D eigenvalue weighted by Gasteiger charge is 2.21. The summed E-state index contributed by atoms with van der Waals surface area (Å²) in [6.45, 7) is 4.87. The molecule has 3 heterocycles. The zero-order valence-corrected chi connectivity index (χ0v) is 16.9. The Morgan fingerprint density at radius 3 is 2.67 bits per heavy atom. The van der Waals surface area contributed by atoms with Crippen LogP contribution >= 0.6 is 0 Å². The van der Waals surface area contributed by atoms with Crippen molar-refractivity contribution in [2.24, 2.45) is 4.99 Å². The SMILES string of the molecule is Cc1cc(C)c(/C=C2/N=C(c3ccc4c(c3)OCO4)C=C2OCc2ccccc2)[nH]1. The van der Waals surface area contributed by atoms with Gasteiger partial charge >= 0.3 is 0 Å². The fourth-order valence-corrected chi connectivity index (χ4v) is 3.61. The van der Waals surface area contributed by atoms with E-state index in [1.54, 1.807) is 0 Å². The van der Waals surface area contributed by atoms with Gasteiger partial charge in [0.2, 0.25) is 6.79 Å². The third-order valence-electron chi connectivity index (χ3n) is 5.14. The van der Waals surface area contributed by atoms with Crippen LogP contribution in [0.25, 0.3) is 6.08 Å². The molecule has 0 aliphatic carbocycles. The summed E-state index contributed by atoms with van der Waals surface area (Å²) in [7, 11) is 0. The minimum Gasteiger partial charge on any atom is -0.487 e. The molecule has 0 amide bonds. The van der Waals surface area contributed by atoms with E-state index in [4.69, 9.17) is 19.2 Å². The number of fused-ring (bicyclic) bond motifs is 1. The highest BCUT2D eigenvalue weighted by molar-refractivity contribution is 6.12. The molecule has 150 valence electrons. The number of nitrogens with zero attached hydrogens (tertiary/aromatic N) is 1. The van der Waals surface area contributed by atoms with Crippen LogP contribution in [0.2, 0.25) is 0 Å². The number of allylic oxidation sites excluding steroid dienone is 1.